The minimum atomic E-state index is -2.84. The molecule has 96 valence electrons. The Hall–Kier alpha value is -0.550. The summed E-state index contributed by atoms with van der Waals surface area (Å²) in [5.74, 6) is 0.479. The molecule has 1 N–H and O–H groups in total. The molecule has 0 spiro atoms. The smallest absolute Gasteiger partial charge is 0.150 e. The Balaban J connectivity index is 2.39. The molecule has 0 aliphatic heterocycles. The standard InChI is InChI=1S/C12H18BrNO2S/c1-3-17(15,16)8-4-7-14-11-6-5-10(2)12(13)9-11/h5-6,9,14H,3-4,7-8H2,1-2H3. The fourth-order valence-corrected chi connectivity index (χ4v) is 2.62. The maximum Gasteiger partial charge on any atom is 0.150 e. The van der Waals surface area contributed by atoms with Gasteiger partial charge >= 0.3 is 0 Å². The number of hydrogen-bond donors (Lipinski definition) is 1. The molecule has 0 aromatic heterocycles. The van der Waals surface area contributed by atoms with Gasteiger partial charge in [0.25, 0.3) is 0 Å². The van der Waals surface area contributed by atoms with Crippen molar-refractivity contribution in [1.82, 2.24) is 0 Å². The van der Waals surface area contributed by atoms with Gasteiger partial charge in [-0.15, -0.1) is 0 Å². The predicted octanol–water partition coefficient (Wildman–Crippen LogP) is 2.99. The Labute approximate surface area is 112 Å². The summed E-state index contributed by atoms with van der Waals surface area (Å²) in [6.07, 6.45) is 0.641. The van der Waals surface area contributed by atoms with Crippen molar-refractivity contribution in [3.63, 3.8) is 0 Å². The van der Waals surface area contributed by atoms with Crippen LogP contribution in [0, 0.1) is 6.92 Å². The van der Waals surface area contributed by atoms with Gasteiger partial charge in [-0.3, -0.25) is 0 Å². The summed E-state index contributed by atoms with van der Waals surface area (Å²) < 4.78 is 23.6. The van der Waals surface area contributed by atoms with Gasteiger partial charge < -0.3 is 5.32 Å². The molecule has 0 radical (unpaired) electrons. The van der Waals surface area contributed by atoms with E-state index in [0.29, 0.717) is 13.0 Å². The van der Waals surface area contributed by atoms with Crippen LogP contribution >= 0.6 is 15.9 Å². The zero-order valence-corrected chi connectivity index (χ0v) is 12.6. The average molecular weight is 320 g/mol. The number of benzene rings is 1. The van der Waals surface area contributed by atoms with E-state index in [1.807, 2.05) is 25.1 Å². The lowest BCUT2D eigenvalue weighted by Gasteiger charge is -2.08. The van der Waals surface area contributed by atoms with Gasteiger partial charge in [0, 0.05) is 22.5 Å². The van der Waals surface area contributed by atoms with Crippen molar-refractivity contribution < 1.29 is 8.42 Å². The highest BCUT2D eigenvalue weighted by atomic mass is 79.9. The molecule has 0 unspecified atom stereocenters. The maximum absolute atomic E-state index is 11.3. The summed E-state index contributed by atoms with van der Waals surface area (Å²) in [4.78, 5) is 0. The number of nitrogens with one attached hydrogen (secondary N) is 1. The van der Waals surface area contributed by atoms with Crippen LogP contribution in [0.4, 0.5) is 5.69 Å². The Morgan fingerprint density at radius 2 is 2.06 bits per heavy atom. The zero-order chi connectivity index (χ0) is 12.9. The van der Waals surface area contributed by atoms with Crippen molar-refractivity contribution in [3.8, 4) is 0 Å². The molecule has 1 aromatic carbocycles. The Morgan fingerprint density at radius 3 is 2.65 bits per heavy atom. The molecular formula is C12H18BrNO2S. The first-order chi connectivity index (χ1) is 7.94. The maximum atomic E-state index is 11.3. The highest BCUT2D eigenvalue weighted by Gasteiger charge is 2.06. The van der Waals surface area contributed by atoms with E-state index in [9.17, 15) is 8.42 Å². The third kappa shape index (κ3) is 5.08. The minimum Gasteiger partial charge on any atom is -0.385 e. The van der Waals surface area contributed by atoms with E-state index in [-0.39, 0.29) is 11.5 Å². The molecule has 0 atom stereocenters. The molecule has 1 rings (SSSR count). The molecule has 0 saturated carbocycles. The first-order valence-corrected chi connectivity index (χ1v) is 8.26. The van der Waals surface area contributed by atoms with Gasteiger partial charge in [0.1, 0.15) is 9.84 Å². The van der Waals surface area contributed by atoms with Crippen molar-refractivity contribution >= 4 is 31.5 Å². The summed E-state index contributed by atoms with van der Waals surface area (Å²) in [6, 6.07) is 6.02. The summed E-state index contributed by atoms with van der Waals surface area (Å²) >= 11 is 3.46. The minimum absolute atomic E-state index is 0.225. The molecule has 0 heterocycles. The highest BCUT2D eigenvalue weighted by Crippen LogP contribution is 2.20. The third-order valence-corrected chi connectivity index (χ3v) is 5.22. The second-order valence-corrected chi connectivity index (χ2v) is 7.31. The Bertz CT molecular complexity index is 471. The monoisotopic (exact) mass is 319 g/mol. The van der Waals surface area contributed by atoms with Gasteiger partial charge in [-0.05, 0) is 31.0 Å². The number of aryl methyl sites for hydroxylation is 1. The molecule has 0 bridgehead atoms. The number of rotatable bonds is 6. The quantitative estimate of drug-likeness (QED) is 0.820. The van der Waals surface area contributed by atoms with Crippen molar-refractivity contribution in [2.45, 2.75) is 20.3 Å². The fraction of sp³-hybridized carbons (Fsp3) is 0.500. The van der Waals surface area contributed by atoms with Gasteiger partial charge in [-0.2, -0.15) is 0 Å². The van der Waals surface area contributed by atoms with Crippen LogP contribution in [0.1, 0.15) is 18.9 Å². The summed E-state index contributed by atoms with van der Waals surface area (Å²) in [7, 11) is -2.84. The molecule has 5 heteroatoms. The summed E-state index contributed by atoms with van der Waals surface area (Å²) in [6.45, 7) is 4.39. The first kappa shape index (κ1) is 14.5. The van der Waals surface area contributed by atoms with Crippen molar-refractivity contribution in [2.24, 2.45) is 0 Å². The lowest BCUT2D eigenvalue weighted by molar-refractivity contribution is 0.595. The topological polar surface area (TPSA) is 46.2 Å². The van der Waals surface area contributed by atoms with Crippen LogP contribution in [0.15, 0.2) is 22.7 Å². The second kappa shape index (κ2) is 6.40. The number of hydrogen-bond acceptors (Lipinski definition) is 3. The summed E-state index contributed by atoms with van der Waals surface area (Å²) in [5.41, 5.74) is 2.19. The van der Waals surface area contributed by atoms with Crippen LogP contribution in [-0.4, -0.2) is 26.5 Å². The molecular weight excluding hydrogens is 302 g/mol. The lowest BCUT2D eigenvalue weighted by atomic mass is 10.2. The van der Waals surface area contributed by atoms with Crippen LogP contribution < -0.4 is 5.32 Å². The highest BCUT2D eigenvalue weighted by molar-refractivity contribution is 9.10. The fourth-order valence-electron chi connectivity index (χ4n) is 1.37. The van der Waals surface area contributed by atoms with E-state index in [1.54, 1.807) is 6.92 Å². The number of halogens is 1. The van der Waals surface area contributed by atoms with E-state index < -0.39 is 9.84 Å². The largest absolute Gasteiger partial charge is 0.385 e. The molecule has 0 saturated heterocycles. The van der Waals surface area contributed by atoms with Crippen LogP contribution in [0.25, 0.3) is 0 Å². The van der Waals surface area contributed by atoms with Crippen molar-refractivity contribution in [2.75, 3.05) is 23.4 Å². The van der Waals surface area contributed by atoms with E-state index in [0.717, 1.165) is 10.2 Å². The second-order valence-electron chi connectivity index (χ2n) is 3.98. The average Bonchev–Trinajstić information content (AvgIpc) is 2.29. The van der Waals surface area contributed by atoms with Crippen molar-refractivity contribution in [1.29, 1.82) is 0 Å². The van der Waals surface area contributed by atoms with E-state index in [2.05, 4.69) is 21.2 Å². The molecule has 0 aliphatic carbocycles. The van der Waals surface area contributed by atoms with E-state index in [1.165, 1.54) is 5.56 Å². The van der Waals surface area contributed by atoms with Gasteiger partial charge in [0.2, 0.25) is 0 Å². The van der Waals surface area contributed by atoms with E-state index >= 15 is 0 Å². The third-order valence-electron chi connectivity index (χ3n) is 2.57. The first-order valence-electron chi connectivity index (χ1n) is 5.65. The van der Waals surface area contributed by atoms with Gasteiger partial charge in [0.05, 0.1) is 5.75 Å². The number of sulfone groups is 1. The molecule has 3 nitrogen and oxygen atoms in total. The predicted molar refractivity (Wildman–Crippen MR) is 76.3 cm³/mol. The normalized spacial score (nSPS) is 11.5. The Morgan fingerprint density at radius 1 is 1.35 bits per heavy atom. The van der Waals surface area contributed by atoms with E-state index in [4.69, 9.17) is 0 Å². The summed E-state index contributed by atoms with van der Waals surface area (Å²) in [5, 5.41) is 3.21. The van der Waals surface area contributed by atoms with Crippen LogP contribution in [0.3, 0.4) is 0 Å². The lowest BCUT2D eigenvalue weighted by Crippen LogP contribution is -2.12. The molecule has 0 amide bonds. The van der Waals surface area contributed by atoms with Crippen molar-refractivity contribution in [3.05, 3.63) is 28.2 Å². The van der Waals surface area contributed by atoms with Crippen LogP contribution in [0.2, 0.25) is 0 Å². The SMILES string of the molecule is CCS(=O)(=O)CCCNc1ccc(C)c(Br)c1. The zero-order valence-electron chi connectivity index (χ0n) is 10.2. The van der Waals surface area contributed by atoms with Gasteiger partial charge in [-0.25, -0.2) is 8.42 Å². The van der Waals surface area contributed by atoms with Crippen LogP contribution in [0.5, 0.6) is 0 Å². The number of anilines is 1. The van der Waals surface area contributed by atoms with Gasteiger partial charge in [-0.1, -0.05) is 28.9 Å². The van der Waals surface area contributed by atoms with Gasteiger partial charge in [0.15, 0.2) is 0 Å². The van der Waals surface area contributed by atoms with Crippen LogP contribution in [-0.2, 0) is 9.84 Å². The molecule has 0 fully saturated rings. The molecule has 0 aliphatic rings. The Kier molecular flexibility index (Phi) is 5.46. The molecule has 1 aromatic rings. The molecule has 17 heavy (non-hydrogen) atoms.